The topological polar surface area (TPSA) is 71.2 Å². The molecule has 0 atom stereocenters. The van der Waals surface area contributed by atoms with E-state index in [0.29, 0.717) is 17.2 Å². The van der Waals surface area contributed by atoms with E-state index >= 15 is 0 Å². The van der Waals surface area contributed by atoms with Crippen molar-refractivity contribution in [2.45, 2.75) is 37.5 Å². The molecule has 1 aliphatic carbocycles. The zero-order valence-corrected chi connectivity index (χ0v) is 18.1. The van der Waals surface area contributed by atoms with Crippen LogP contribution in [0.25, 0.3) is 10.9 Å². The van der Waals surface area contributed by atoms with Crippen LogP contribution in [0.4, 0.5) is 5.69 Å². The second-order valence-electron chi connectivity index (χ2n) is 7.97. The van der Waals surface area contributed by atoms with Gasteiger partial charge in [-0.3, -0.25) is 4.72 Å². The average molecular weight is 433 g/mol. The van der Waals surface area contributed by atoms with Gasteiger partial charge >= 0.3 is 0 Å². The highest BCUT2D eigenvalue weighted by atomic mass is 32.2. The van der Waals surface area contributed by atoms with E-state index in [1.165, 1.54) is 17.7 Å². The first kappa shape index (κ1) is 19.7. The summed E-state index contributed by atoms with van der Waals surface area (Å²) < 4.78 is 35.2. The number of aromatic amines is 1. The second kappa shape index (κ2) is 7.78. The van der Waals surface area contributed by atoms with Crippen molar-refractivity contribution < 1.29 is 13.2 Å². The number of anilines is 1. The van der Waals surface area contributed by atoms with Crippen molar-refractivity contribution in [1.82, 2.24) is 4.98 Å². The summed E-state index contributed by atoms with van der Waals surface area (Å²) in [4.78, 5) is 3.70. The van der Waals surface area contributed by atoms with Gasteiger partial charge in [0.05, 0.1) is 10.6 Å². The molecule has 31 heavy (non-hydrogen) atoms. The maximum Gasteiger partial charge on any atom is 0.262 e. The molecule has 4 aromatic rings. The summed E-state index contributed by atoms with van der Waals surface area (Å²) in [7, 11) is -3.78. The third-order valence-corrected chi connectivity index (χ3v) is 7.19. The van der Waals surface area contributed by atoms with Crippen molar-refractivity contribution in [3.63, 3.8) is 0 Å². The van der Waals surface area contributed by atoms with Crippen molar-refractivity contribution >= 4 is 26.6 Å². The Hall–Kier alpha value is -3.25. The number of sulfonamides is 1. The first-order chi connectivity index (χ1) is 15.0. The monoisotopic (exact) mass is 432 g/mol. The van der Waals surface area contributed by atoms with Crippen LogP contribution in [-0.2, 0) is 22.9 Å². The number of nitrogens with one attached hydrogen (secondary N) is 2. The fraction of sp³-hybridized carbons (Fsp3) is 0.200. The summed E-state index contributed by atoms with van der Waals surface area (Å²) in [5.41, 5.74) is 4.86. The summed E-state index contributed by atoms with van der Waals surface area (Å²) in [5.74, 6) is 1.15. The molecule has 2 N–H and O–H groups in total. The number of benzene rings is 3. The number of ether oxygens (including phenoxy) is 1. The third-order valence-electron chi connectivity index (χ3n) is 5.82. The van der Waals surface area contributed by atoms with Crippen LogP contribution in [0, 0.1) is 6.92 Å². The van der Waals surface area contributed by atoms with E-state index in [2.05, 4.69) is 9.71 Å². The predicted octanol–water partition coefficient (Wildman–Crippen LogP) is 5.95. The van der Waals surface area contributed by atoms with Gasteiger partial charge in [-0.05, 0) is 80.1 Å². The van der Waals surface area contributed by atoms with Crippen LogP contribution in [0.2, 0.25) is 0 Å². The van der Waals surface area contributed by atoms with E-state index in [1.54, 1.807) is 30.3 Å². The summed E-state index contributed by atoms with van der Waals surface area (Å²) in [5, 5.41) is 1.00. The minimum absolute atomic E-state index is 0.248. The van der Waals surface area contributed by atoms with Gasteiger partial charge in [-0.25, -0.2) is 8.42 Å². The van der Waals surface area contributed by atoms with Gasteiger partial charge in [0.2, 0.25) is 0 Å². The molecule has 0 aliphatic heterocycles. The fourth-order valence-electron chi connectivity index (χ4n) is 4.19. The van der Waals surface area contributed by atoms with E-state index in [-0.39, 0.29) is 4.90 Å². The molecule has 0 bridgehead atoms. The van der Waals surface area contributed by atoms with Gasteiger partial charge in [0.1, 0.15) is 5.75 Å². The van der Waals surface area contributed by atoms with Gasteiger partial charge in [0.25, 0.3) is 10.0 Å². The quantitative estimate of drug-likeness (QED) is 0.409. The van der Waals surface area contributed by atoms with Gasteiger partial charge < -0.3 is 9.72 Å². The van der Waals surface area contributed by atoms with E-state index in [4.69, 9.17) is 4.74 Å². The van der Waals surface area contributed by atoms with Crippen LogP contribution < -0.4 is 9.46 Å². The molecule has 1 aromatic heterocycles. The molecule has 0 radical (unpaired) electrons. The van der Waals surface area contributed by atoms with Crippen LogP contribution >= 0.6 is 0 Å². The van der Waals surface area contributed by atoms with E-state index in [9.17, 15) is 8.42 Å². The molecule has 6 heteroatoms. The SMILES string of the molecule is Cc1ccccc1Oc1ccccc1NS(=O)(=O)c1ccc2[nH]c3c(c2c1)CCCC3. The first-order valence-electron chi connectivity index (χ1n) is 10.5. The Balaban J connectivity index is 1.48. The molecule has 1 aliphatic rings. The highest BCUT2D eigenvalue weighted by molar-refractivity contribution is 7.92. The first-order valence-corrected chi connectivity index (χ1v) is 12.0. The number of aryl methyl sites for hydroxylation is 3. The molecule has 1 heterocycles. The Morgan fingerprint density at radius 1 is 0.903 bits per heavy atom. The Bertz CT molecular complexity index is 1370. The van der Waals surface area contributed by atoms with Crippen molar-refractivity contribution in [3.8, 4) is 11.5 Å². The molecule has 0 saturated carbocycles. The van der Waals surface area contributed by atoms with Gasteiger partial charge in [-0.1, -0.05) is 30.3 Å². The molecule has 0 fully saturated rings. The average Bonchev–Trinajstić information content (AvgIpc) is 3.14. The van der Waals surface area contributed by atoms with Gasteiger partial charge in [0, 0.05) is 16.6 Å². The van der Waals surface area contributed by atoms with Crippen LogP contribution in [0.15, 0.2) is 71.6 Å². The summed E-state index contributed by atoms with van der Waals surface area (Å²) in [6.07, 6.45) is 4.32. The minimum Gasteiger partial charge on any atom is -0.455 e. The molecule has 0 spiro atoms. The zero-order valence-electron chi connectivity index (χ0n) is 17.3. The number of fused-ring (bicyclic) bond motifs is 3. The molecule has 5 nitrogen and oxygen atoms in total. The Kier molecular flexibility index (Phi) is 4.94. The third kappa shape index (κ3) is 3.79. The number of rotatable bonds is 5. The summed E-state index contributed by atoms with van der Waals surface area (Å²) in [6.45, 7) is 1.95. The number of hydrogen-bond donors (Lipinski definition) is 2. The molecule has 0 amide bonds. The lowest BCUT2D eigenvalue weighted by Gasteiger charge is -2.15. The molecular formula is C25H24N2O3S. The second-order valence-corrected chi connectivity index (χ2v) is 9.65. The lowest BCUT2D eigenvalue weighted by molar-refractivity contribution is 0.481. The lowest BCUT2D eigenvalue weighted by atomic mass is 9.96. The van der Waals surface area contributed by atoms with E-state index < -0.39 is 10.0 Å². The maximum atomic E-state index is 13.2. The fourth-order valence-corrected chi connectivity index (χ4v) is 5.28. The zero-order chi connectivity index (χ0) is 21.4. The van der Waals surface area contributed by atoms with Gasteiger partial charge in [-0.15, -0.1) is 0 Å². The Morgan fingerprint density at radius 2 is 1.65 bits per heavy atom. The van der Waals surface area contributed by atoms with Crippen LogP contribution in [-0.4, -0.2) is 13.4 Å². The van der Waals surface area contributed by atoms with Gasteiger partial charge in [0.15, 0.2) is 5.75 Å². The number of para-hydroxylation sites is 3. The molecule has 5 rings (SSSR count). The summed E-state index contributed by atoms with van der Waals surface area (Å²) in [6, 6.07) is 20.0. The molecule has 0 unspecified atom stereocenters. The predicted molar refractivity (Wildman–Crippen MR) is 123 cm³/mol. The van der Waals surface area contributed by atoms with Crippen LogP contribution in [0.1, 0.15) is 29.7 Å². The largest absolute Gasteiger partial charge is 0.455 e. The van der Waals surface area contributed by atoms with Crippen LogP contribution in [0.5, 0.6) is 11.5 Å². The van der Waals surface area contributed by atoms with Crippen molar-refractivity contribution in [3.05, 3.63) is 83.6 Å². The van der Waals surface area contributed by atoms with Crippen molar-refractivity contribution in [2.24, 2.45) is 0 Å². The highest BCUT2D eigenvalue weighted by Gasteiger charge is 2.21. The van der Waals surface area contributed by atoms with Gasteiger partial charge in [-0.2, -0.15) is 0 Å². The number of hydrogen-bond acceptors (Lipinski definition) is 3. The van der Waals surface area contributed by atoms with Crippen LogP contribution in [0.3, 0.4) is 0 Å². The molecule has 3 aromatic carbocycles. The highest BCUT2D eigenvalue weighted by Crippen LogP contribution is 2.34. The molecular weight excluding hydrogens is 408 g/mol. The lowest BCUT2D eigenvalue weighted by Crippen LogP contribution is -2.13. The molecule has 0 saturated heterocycles. The standard InChI is InChI=1S/C25H24N2O3S/c1-17-8-2-6-12-24(17)30-25-13-7-5-11-23(25)27-31(28,29)18-14-15-22-20(16-18)19-9-3-4-10-21(19)26-22/h2,5-8,11-16,26-27H,3-4,9-10H2,1H3. The van der Waals surface area contributed by atoms with Crippen molar-refractivity contribution in [1.29, 1.82) is 0 Å². The Morgan fingerprint density at radius 3 is 2.48 bits per heavy atom. The normalized spacial score (nSPS) is 13.7. The van der Waals surface area contributed by atoms with E-state index in [1.807, 2.05) is 43.3 Å². The van der Waals surface area contributed by atoms with Crippen molar-refractivity contribution in [2.75, 3.05) is 4.72 Å². The van der Waals surface area contributed by atoms with E-state index in [0.717, 1.165) is 35.7 Å². The minimum atomic E-state index is -3.78. The Labute approximate surface area is 182 Å². The number of H-pyrrole nitrogens is 1. The summed E-state index contributed by atoms with van der Waals surface area (Å²) >= 11 is 0. The molecule has 158 valence electrons. The smallest absolute Gasteiger partial charge is 0.262 e. The number of aromatic nitrogens is 1. The maximum absolute atomic E-state index is 13.2.